The largest absolute Gasteiger partial charge is 0.507 e. The highest BCUT2D eigenvalue weighted by atomic mass is 16.6. The number of likely N-dealkylation sites (tertiary alicyclic amines) is 1. The molecule has 0 saturated carbocycles. The number of aliphatic hydroxyl groups excluding tert-OH is 1. The van der Waals surface area contributed by atoms with Crippen molar-refractivity contribution < 1.29 is 33.7 Å². The lowest BCUT2D eigenvalue weighted by Gasteiger charge is -2.26. The highest BCUT2D eigenvalue weighted by molar-refractivity contribution is 6.46. The van der Waals surface area contributed by atoms with Crippen molar-refractivity contribution >= 4 is 23.4 Å². The summed E-state index contributed by atoms with van der Waals surface area (Å²) in [4.78, 5) is 41.3. The van der Waals surface area contributed by atoms with Crippen molar-refractivity contribution in [2.75, 3.05) is 47.5 Å². The van der Waals surface area contributed by atoms with E-state index in [0.29, 0.717) is 47.9 Å². The van der Waals surface area contributed by atoms with E-state index in [0.717, 1.165) is 0 Å². The normalized spacial score (nSPS) is 18.9. The lowest BCUT2D eigenvalue weighted by atomic mass is 9.94. The Bertz CT molecular complexity index is 1150. The fourth-order valence-corrected chi connectivity index (χ4v) is 4.03. The van der Waals surface area contributed by atoms with Gasteiger partial charge in [0.1, 0.15) is 19.0 Å². The van der Waals surface area contributed by atoms with Crippen molar-refractivity contribution in [1.82, 2.24) is 9.80 Å². The van der Waals surface area contributed by atoms with E-state index in [2.05, 4.69) is 0 Å². The zero-order valence-electron chi connectivity index (χ0n) is 19.2. The van der Waals surface area contributed by atoms with Gasteiger partial charge in [-0.1, -0.05) is 12.1 Å². The highest BCUT2D eigenvalue weighted by Gasteiger charge is 2.46. The van der Waals surface area contributed by atoms with Crippen LogP contribution in [-0.2, 0) is 14.3 Å². The van der Waals surface area contributed by atoms with Gasteiger partial charge < -0.3 is 29.1 Å². The molecule has 178 valence electrons. The smallest absolute Gasteiger partial charge is 0.337 e. The third kappa shape index (κ3) is 4.34. The van der Waals surface area contributed by atoms with Gasteiger partial charge in [0.2, 0.25) is 0 Å². The Kier molecular flexibility index (Phi) is 6.56. The first-order valence-electron chi connectivity index (χ1n) is 10.8. The number of benzene rings is 2. The number of nitrogens with zero attached hydrogens (tertiary/aromatic N) is 2. The molecule has 9 heteroatoms. The van der Waals surface area contributed by atoms with Crippen molar-refractivity contribution in [2.24, 2.45) is 0 Å². The summed E-state index contributed by atoms with van der Waals surface area (Å²) in [5.41, 5.74) is 1.24. The van der Waals surface area contributed by atoms with Gasteiger partial charge >= 0.3 is 5.97 Å². The molecule has 2 aromatic rings. The van der Waals surface area contributed by atoms with Crippen molar-refractivity contribution in [3.05, 3.63) is 64.7 Å². The van der Waals surface area contributed by atoms with Crippen molar-refractivity contribution in [3.63, 3.8) is 0 Å². The Balaban J connectivity index is 1.80. The van der Waals surface area contributed by atoms with Crippen LogP contribution in [0.3, 0.4) is 0 Å². The number of carbonyl (C=O) groups excluding carboxylic acids is 3. The van der Waals surface area contributed by atoms with Gasteiger partial charge in [0, 0.05) is 18.7 Å². The fourth-order valence-electron chi connectivity index (χ4n) is 4.03. The van der Waals surface area contributed by atoms with E-state index in [9.17, 15) is 19.5 Å². The first kappa shape index (κ1) is 23.3. The Hall–Kier alpha value is -3.85. The predicted octanol–water partition coefficient (Wildman–Crippen LogP) is 2.23. The van der Waals surface area contributed by atoms with Crippen LogP contribution in [0.5, 0.6) is 11.5 Å². The molecule has 0 radical (unpaired) electrons. The number of methoxy groups -OCH3 is 1. The Labute approximate surface area is 197 Å². The summed E-state index contributed by atoms with van der Waals surface area (Å²) in [7, 11) is 5.03. The summed E-state index contributed by atoms with van der Waals surface area (Å²) in [6.07, 6.45) is 0. The Morgan fingerprint density at radius 3 is 2.35 bits per heavy atom. The van der Waals surface area contributed by atoms with Gasteiger partial charge in [0.25, 0.3) is 11.7 Å². The van der Waals surface area contributed by atoms with E-state index in [4.69, 9.17) is 14.2 Å². The summed E-state index contributed by atoms with van der Waals surface area (Å²) >= 11 is 0. The fraction of sp³-hybridized carbons (Fsp3) is 0.320. The molecule has 0 bridgehead atoms. The molecule has 0 spiro atoms. The second-order valence-corrected chi connectivity index (χ2v) is 8.27. The van der Waals surface area contributed by atoms with Gasteiger partial charge in [-0.3, -0.25) is 9.59 Å². The molecule has 2 aromatic carbocycles. The molecule has 2 aliphatic heterocycles. The van der Waals surface area contributed by atoms with Crippen molar-refractivity contribution in [3.8, 4) is 11.5 Å². The molecule has 1 atom stereocenters. The van der Waals surface area contributed by atoms with Crippen LogP contribution in [0.25, 0.3) is 5.76 Å². The van der Waals surface area contributed by atoms with E-state index in [1.165, 1.54) is 12.0 Å². The third-order valence-electron chi connectivity index (χ3n) is 5.79. The molecule has 2 heterocycles. The number of ether oxygens (including phenoxy) is 3. The minimum Gasteiger partial charge on any atom is -0.507 e. The van der Waals surface area contributed by atoms with Crippen LogP contribution in [0, 0.1) is 0 Å². The average Bonchev–Trinajstić information content (AvgIpc) is 3.11. The molecule has 9 nitrogen and oxygen atoms in total. The van der Waals surface area contributed by atoms with Crippen molar-refractivity contribution in [1.29, 1.82) is 0 Å². The number of rotatable bonds is 6. The van der Waals surface area contributed by atoms with Gasteiger partial charge in [-0.2, -0.15) is 0 Å². The number of amides is 1. The van der Waals surface area contributed by atoms with Gasteiger partial charge in [-0.05, 0) is 50.0 Å². The van der Waals surface area contributed by atoms with E-state index < -0.39 is 23.7 Å². The third-order valence-corrected chi connectivity index (χ3v) is 5.79. The number of ketones is 1. The van der Waals surface area contributed by atoms with Gasteiger partial charge in [-0.25, -0.2) is 4.79 Å². The minimum absolute atomic E-state index is 0.0220. The molecule has 1 fully saturated rings. The average molecular weight is 466 g/mol. The van der Waals surface area contributed by atoms with Crippen LogP contribution in [-0.4, -0.2) is 80.1 Å². The lowest BCUT2D eigenvalue weighted by molar-refractivity contribution is -0.140. The number of fused-ring (bicyclic) bond motifs is 1. The van der Waals surface area contributed by atoms with Crippen LogP contribution in [0.2, 0.25) is 0 Å². The zero-order valence-corrected chi connectivity index (χ0v) is 19.2. The van der Waals surface area contributed by atoms with E-state index in [1.807, 2.05) is 19.0 Å². The summed E-state index contributed by atoms with van der Waals surface area (Å²) in [5, 5.41) is 11.2. The van der Waals surface area contributed by atoms with Crippen LogP contribution in [0.4, 0.5) is 0 Å². The van der Waals surface area contributed by atoms with E-state index >= 15 is 0 Å². The molecule has 4 rings (SSSR count). The molecule has 1 N–H and O–H groups in total. The summed E-state index contributed by atoms with van der Waals surface area (Å²) in [6.45, 7) is 1.60. The van der Waals surface area contributed by atoms with E-state index in [1.54, 1.807) is 42.5 Å². The topological polar surface area (TPSA) is 106 Å². The number of carbonyl (C=O) groups is 3. The van der Waals surface area contributed by atoms with Gasteiger partial charge in [0.15, 0.2) is 11.5 Å². The minimum atomic E-state index is -0.820. The molecule has 1 saturated heterocycles. The SMILES string of the molecule is COC(=O)c1ccc([C@H]2C(=C(O)c3ccc4c(c3)OCCO4)C(=O)C(=O)N2CCN(C)C)cc1. The Morgan fingerprint density at radius 1 is 1.06 bits per heavy atom. The second-order valence-electron chi connectivity index (χ2n) is 8.27. The molecule has 0 aromatic heterocycles. The Morgan fingerprint density at radius 2 is 1.71 bits per heavy atom. The number of likely N-dealkylation sites (N-methyl/N-ethyl adjacent to an activating group) is 1. The predicted molar refractivity (Wildman–Crippen MR) is 123 cm³/mol. The molecular formula is C25H26N2O7. The molecule has 0 aliphatic carbocycles. The zero-order chi connectivity index (χ0) is 24.4. The first-order chi connectivity index (χ1) is 16.3. The lowest BCUT2D eigenvalue weighted by Crippen LogP contribution is -2.35. The van der Waals surface area contributed by atoms with E-state index in [-0.39, 0.29) is 17.9 Å². The van der Waals surface area contributed by atoms with Crippen LogP contribution in [0.1, 0.15) is 27.5 Å². The second kappa shape index (κ2) is 9.56. The van der Waals surface area contributed by atoms with Crippen LogP contribution >= 0.6 is 0 Å². The number of hydrogen-bond acceptors (Lipinski definition) is 8. The van der Waals surface area contributed by atoms with Gasteiger partial charge in [-0.15, -0.1) is 0 Å². The molecular weight excluding hydrogens is 440 g/mol. The maximum absolute atomic E-state index is 13.1. The van der Waals surface area contributed by atoms with Crippen LogP contribution < -0.4 is 9.47 Å². The summed E-state index contributed by atoms with van der Waals surface area (Å²) in [6, 6.07) is 10.5. The molecule has 34 heavy (non-hydrogen) atoms. The monoisotopic (exact) mass is 466 g/mol. The summed E-state index contributed by atoms with van der Waals surface area (Å²) < 4.78 is 15.9. The van der Waals surface area contributed by atoms with Gasteiger partial charge in [0.05, 0.1) is 24.3 Å². The standard InChI is InChI=1S/C25H26N2O7/c1-26(2)10-11-27-21(15-4-6-16(7-5-15)25(31)32-3)20(23(29)24(27)30)22(28)17-8-9-18-19(14-17)34-13-12-33-18/h4-9,14,21,28H,10-13H2,1-3H3/t21-/m0/s1. The van der Waals surface area contributed by atoms with Crippen LogP contribution in [0.15, 0.2) is 48.0 Å². The highest BCUT2D eigenvalue weighted by Crippen LogP contribution is 2.41. The first-order valence-corrected chi connectivity index (χ1v) is 10.8. The number of esters is 1. The van der Waals surface area contributed by atoms with Crippen molar-refractivity contribution in [2.45, 2.75) is 6.04 Å². The molecule has 0 unspecified atom stereocenters. The molecule has 2 aliphatic rings. The maximum Gasteiger partial charge on any atom is 0.337 e. The maximum atomic E-state index is 13.1. The number of hydrogen-bond donors (Lipinski definition) is 1. The number of Topliss-reactive ketones (excluding diaryl/α,β-unsaturated/α-hetero) is 1. The molecule has 1 amide bonds. The summed E-state index contributed by atoms with van der Waals surface area (Å²) in [5.74, 6) is -1.26. The number of aliphatic hydroxyl groups is 1. The quantitative estimate of drug-likeness (QED) is 0.299.